The third-order valence-electron chi connectivity index (χ3n) is 5.54. The number of ether oxygens (including phenoxy) is 2. The van der Waals surface area contributed by atoms with Gasteiger partial charge in [0.2, 0.25) is 10.0 Å². The lowest BCUT2D eigenvalue weighted by atomic mass is 10.1. The van der Waals surface area contributed by atoms with Gasteiger partial charge in [-0.25, -0.2) is 18.4 Å². The first kappa shape index (κ1) is 30.0. The number of esters is 1. The van der Waals surface area contributed by atoms with Crippen LogP contribution in [-0.2, 0) is 24.3 Å². The van der Waals surface area contributed by atoms with E-state index in [2.05, 4.69) is 21.2 Å². The second kappa shape index (κ2) is 12.7. The first-order chi connectivity index (χ1) is 19.5. The van der Waals surface area contributed by atoms with Crippen LogP contribution in [0.1, 0.15) is 22.8 Å². The Morgan fingerprint density at radius 2 is 1.78 bits per heavy atom. The van der Waals surface area contributed by atoms with E-state index in [1.807, 2.05) is 0 Å². The van der Waals surface area contributed by atoms with Gasteiger partial charge in [-0.15, -0.1) is 0 Å². The summed E-state index contributed by atoms with van der Waals surface area (Å²) < 4.78 is 34.2. The molecular formula is C27H23BrN4O7S2. The molecule has 0 bridgehead atoms. The number of amidine groups is 1. The lowest BCUT2D eigenvalue weighted by molar-refractivity contribution is -0.118. The monoisotopic (exact) mass is 658 g/mol. The molecule has 4 rings (SSSR count). The second-order valence-corrected chi connectivity index (χ2v) is 11.9. The van der Waals surface area contributed by atoms with E-state index >= 15 is 0 Å². The van der Waals surface area contributed by atoms with Crippen LogP contribution >= 0.6 is 27.7 Å². The molecule has 0 aliphatic carbocycles. The fourth-order valence-corrected chi connectivity index (χ4v) is 5.40. The van der Waals surface area contributed by atoms with E-state index in [0.29, 0.717) is 32.7 Å². The fourth-order valence-electron chi connectivity index (χ4n) is 3.66. The Bertz CT molecular complexity index is 1660. The summed E-state index contributed by atoms with van der Waals surface area (Å²) in [6.45, 7) is 1.58. The number of nitrogens with one attached hydrogen (secondary N) is 2. The number of hydrogen-bond donors (Lipinski definition) is 3. The second-order valence-electron chi connectivity index (χ2n) is 8.41. The number of nitrogens with two attached hydrogens (primary N) is 1. The highest BCUT2D eigenvalue weighted by Gasteiger charge is 2.34. The van der Waals surface area contributed by atoms with Crippen LogP contribution in [0.15, 0.2) is 81.0 Å². The lowest BCUT2D eigenvalue weighted by Crippen LogP contribution is -2.28. The van der Waals surface area contributed by atoms with Crippen LogP contribution in [0.2, 0.25) is 0 Å². The number of hydrogen-bond acceptors (Lipinski definition) is 9. The van der Waals surface area contributed by atoms with E-state index in [1.165, 1.54) is 41.3 Å². The summed E-state index contributed by atoms with van der Waals surface area (Å²) in [7, 11) is -3.85. The number of carbonyl (C=O) groups is 3. The Kier molecular flexibility index (Phi) is 9.28. The molecule has 0 spiro atoms. The van der Waals surface area contributed by atoms with Crippen molar-refractivity contribution in [2.75, 3.05) is 23.4 Å². The topological polar surface area (TPSA) is 169 Å². The largest absolute Gasteiger partial charge is 0.483 e. The number of amides is 2. The van der Waals surface area contributed by atoms with Gasteiger partial charge in [0.1, 0.15) is 5.75 Å². The average Bonchev–Trinajstić information content (AvgIpc) is 3.20. The summed E-state index contributed by atoms with van der Waals surface area (Å²) >= 11 is 4.36. The van der Waals surface area contributed by atoms with Gasteiger partial charge in [0, 0.05) is 15.7 Å². The minimum absolute atomic E-state index is 0.0181. The summed E-state index contributed by atoms with van der Waals surface area (Å²) in [6.07, 6.45) is 1.57. The van der Waals surface area contributed by atoms with Gasteiger partial charge < -0.3 is 14.8 Å². The van der Waals surface area contributed by atoms with Gasteiger partial charge in [-0.3, -0.25) is 19.9 Å². The first-order valence-electron chi connectivity index (χ1n) is 11.9. The summed E-state index contributed by atoms with van der Waals surface area (Å²) in [5, 5.41) is 16.0. The number of sulfonamides is 1. The average molecular weight is 660 g/mol. The predicted octanol–water partition coefficient (Wildman–Crippen LogP) is 4.35. The molecule has 1 heterocycles. The number of halogens is 1. The number of primary sulfonamides is 1. The van der Waals surface area contributed by atoms with E-state index in [-0.39, 0.29) is 28.2 Å². The summed E-state index contributed by atoms with van der Waals surface area (Å²) in [5.41, 5.74) is 1.60. The molecule has 3 aromatic carbocycles. The number of rotatable bonds is 9. The normalized spacial score (nSPS) is 14.3. The van der Waals surface area contributed by atoms with Gasteiger partial charge in [0.15, 0.2) is 11.8 Å². The van der Waals surface area contributed by atoms with E-state index < -0.39 is 27.8 Å². The highest BCUT2D eigenvalue weighted by Crippen LogP contribution is 2.37. The minimum Gasteiger partial charge on any atom is -0.483 e. The molecule has 0 saturated carbocycles. The molecule has 1 aliphatic heterocycles. The van der Waals surface area contributed by atoms with E-state index in [9.17, 15) is 22.8 Å². The third-order valence-corrected chi connectivity index (χ3v) is 7.85. The molecule has 212 valence electrons. The van der Waals surface area contributed by atoms with Crippen LogP contribution < -0.4 is 20.1 Å². The Morgan fingerprint density at radius 1 is 1.10 bits per heavy atom. The maximum atomic E-state index is 13.2. The zero-order valence-electron chi connectivity index (χ0n) is 21.4. The van der Waals surface area contributed by atoms with Crippen molar-refractivity contribution in [3.8, 4) is 5.75 Å². The van der Waals surface area contributed by atoms with Gasteiger partial charge in [0.25, 0.3) is 11.8 Å². The predicted molar refractivity (Wildman–Crippen MR) is 159 cm³/mol. The van der Waals surface area contributed by atoms with Crippen LogP contribution in [0.5, 0.6) is 5.75 Å². The van der Waals surface area contributed by atoms with Crippen LogP contribution in [0.3, 0.4) is 0 Å². The Labute approximate surface area is 248 Å². The zero-order valence-corrected chi connectivity index (χ0v) is 24.6. The maximum Gasteiger partial charge on any atom is 0.338 e. The minimum atomic E-state index is -3.85. The molecule has 41 heavy (non-hydrogen) atoms. The lowest BCUT2D eigenvalue weighted by Gasteiger charge is -2.14. The molecule has 1 aliphatic rings. The number of benzene rings is 3. The number of nitrogens with zero attached hydrogens (tertiary/aromatic N) is 1. The summed E-state index contributed by atoms with van der Waals surface area (Å²) in [4.78, 5) is 39.0. The zero-order chi connectivity index (χ0) is 29.7. The molecule has 0 unspecified atom stereocenters. The van der Waals surface area contributed by atoms with Crippen LogP contribution in [-0.4, -0.2) is 44.6 Å². The van der Waals surface area contributed by atoms with Gasteiger partial charge in [0.05, 0.1) is 27.7 Å². The first-order valence-corrected chi connectivity index (χ1v) is 15.1. The van der Waals surface area contributed by atoms with Crippen molar-refractivity contribution in [1.82, 2.24) is 0 Å². The third kappa shape index (κ3) is 7.41. The molecule has 3 aromatic rings. The van der Waals surface area contributed by atoms with Gasteiger partial charge >= 0.3 is 5.97 Å². The van der Waals surface area contributed by atoms with Crippen LogP contribution in [0.25, 0.3) is 6.08 Å². The molecular weight excluding hydrogens is 636 g/mol. The Hall–Kier alpha value is -3.98. The van der Waals surface area contributed by atoms with E-state index in [1.54, 1.807) is 43.3 Å². The van der Waals surface area contributed by atoms with Crippen molar-refractivity contribution in [2.24, 2.45) is 5.14 Å². The molecule has 0 aromatic heterocycles. The van der Waals surface area contributed by atoms with Crippen molar-refractivity contribution < 1.29 is 32.3 Å². The molecule has 11 nitrogen and oxygen atoms in total. The SMILES string of the molecule is CCOC(=O)c1ccc(N2C(=N)S/C(=C\c3cc(Br)ccc3OCC(=O)Nc3ccc(S(N)(=O)=O)cc3)C2=O)cc1. The van der Waals surface area contributed by atoms with Gasteiger partial charge in [-0.2, -0.15) is 0 Å². The van der Waals surface area contributed by atoms with E-state index in [0.717, 1.165) is 11.8 Å². The molecule has 0 atom stereocenters. The summed E-state index contributed by atoms with van der Waals surface area (Å²) in [6, 6.07) is 16.6. The molecule has 0 radical (unpaired) electrons. The Morgan fingerprint density at radius 3 is 2.41 bits per heavy atom. The highest BCUT2D eigenvalue weighted by atomic mass is 79.9. The molecule has 1 saturated heterocycles. The molecule has 1 fully saturated rings. The smallest absolute Gasteiger partial charge is 0.338 e. The van der Waals surface area contributed by atoms with Crippen molar-refractivity contribution in [2.45, 2.75) is 11.8 Å². The van der Waals surface area contributed by atoms with Crippen molar-refractivity contribution >= 4 is 78.1 Å². The molecule has 4 N–H and O–H groups in total. The maximum absolute atomic E-state index is 13.2. The number of thioether (sulfide) groups is 1. The standard InChI is InChI=1S/C27H23BrN4O7S2/c1-2-38-26(35)16-3-8-20(9-4-16)32-25(34)23(40-27(32)29)14-17-13-18(28)5-12-22(17)39-15-24(33)31-19-6-10-21(11-7-19)41(30,36)37/h3-14,29H,2,15H2,1H3,(H,31,33)(H2,30,36,37)/b23-14-,29-27?. The van der Waals surface area contributed by atoms with E-state index in [4.69, 9.17) is 20.0 Å². The highest BCUT2D eigenvalue weighted by molar-refractivity contribution is 9.10. The number of carbonyl (C=O) groups excluding carboxylic acids is 3. The Balaban J connectivity index is 1.47. The molecule has 2 amide bonds. The van der Waals surface area contributed by atoms with Crippen LogP contribution in [0, 0.1) is 5.41 Å². The van der Waals surface area contributed by atoms with Gasteiger partial charge in [-0.05, 0) is 91.5 Å². The van der Waals surface area contributed by atoms with Crippen LogP contribution in [0.4, 0.5) is 11.4 Å². The molecule has 14 heteroatoms. The van der Waals surface area contributed by atoms with Gasteiger partial charge in [-0.1, -0.05) is 15.9 Å². The fraction of sp³-hybridized carbons (Fsp3) is 0.111. The quantitative estimate of drug-likeness (QED) is 0.225. The summed E-state index contributed by atoms with van der Waals surface area (Å²) in [5.74, 6) is -1.10. The van der Waals surface area contributed by atoms with Crippen molar-refractivity contribution in [3.05, 3.63) is 87.2 Å². The van der Waals surface area contributed by atoms with Crippen molar-refractivity contribution in [3.63, 3.8) is 0 Å². The number of anilines is 2. The van der Waals surface area contributed by atoms with Crippen molar-refractivity contribution in [1.29, 1.82) is 5.41 Å².